The van der Waals surface area contributed by atoms with Crippen molar-refractivity contribution in [3.05, 3.63) is 59.0 Å². The Morgan fingerprint density at radius 1 is 1.32 bits per heavy atom. The highest BCUT2D eigenvalue weighted by molar-refractivity contribution is 6.07. The molecule has 146 valence electrons. The molecule has 3 aromatic rings. The van der Waals surface area contributed by atoms with E-state index in [9.17, 15) is 14.3 Å². The van der Waals surface area contributed by atoms with Crippen molar-refractivity contribution in [1.29, 1.82) is 0 Å². The highest BCUT2D eigenvalue weighted by atomic mass is 19.1. The number of rotatable bonds is 4. The summed E-state index contributed by atoms with van der Waals surface area (Å²) < 4.78 is 27.0. The highest BCUT2D eigenvalue weighted by Gasteiger charge is 2.32. The van der Waals surface area contributed by atoms with Crippen LogP contribution in [0.2, 0.25) is 0 Å². The van der Waals surface area contributed by atoms with Crippen molar-refractivity contribution in [1.82, 2.24) is 4.57 Å². The van der Waals surface area contributed by atoms with Gasteiger partial charge >= 0.3 is 5.97 Å². The van der Waals surface area contributed by atoms with Crippen LogP contribution in [-0.2, 0) is 9.47 Å². The van der Waals surface area contributed by atoms with Gasteiger partial charge in [0.15, 0.2) is 0 Å². The Balaban J connectivity index is 2.07. The van der Waals surface area contributed by atoms with Gasteiger partial charge in [0.1, 0.15) is 11.6 Å². The van der Waals surface area contributed by atoms with Crippen LogP contribution in [0.1, 0.15) is 47.5 Å². The van der Waals surface area contributed by atoms with Crippen molar-refractivity contribution in [2.24, 2.45) is 0 Å². The number of phenols is 1. The quantitative estimate of drug-likeness (QED) is 0.657. The average Bonchev–Trinajstić information content (AvgIpc) is 3.29. The van der Waals surface area contributed by atoms with Crippen molar-refractivity contribution in [3.63, 3.8) is 0 Å². The number of halogens is 1. The Morgan fingerprint density at radius 3 is 2.82 bits per heavy atom. The minimum atomic E-state index is -0.457. The van der Waals surface area contributed by atoms with Gasteiger partial charge in [-0.15, -0.1) is 0 Å². The number of aromatic nitrogens is 1. The van der Waals surface area contributed by atoms with E-state index in [1.807, 2.05) is 4.57 Å². The summed E-state index contributed by atoms with van der Waals surface area (Å²) in [4.78, 5) is 12.9. The molecule has 5 nitrogen and oxygen atoms in total. The van der Waals surface area contributed by atoms with E-state index in [2.05, 4.69) is 0 Å². The zero-order valence-corrected chi connectivity index (χ0v) is 15.9. The molecule has 2 aromatic carbocycles. The molecule has 1 aliphatic heterocycles. The Bertz CT molecular complexity index is 1050. The predicted octanol–water partition coefficient (Wildman–Crippen LogP) is 4.81. The number of carbonyl (C=O) groups is 1. The molecule has 1 N–H and O–H groups in total. The molecule has 4 rings (SSSR count). The number of ether oxygens (including phenoxy) is 2. The van der Waals surface area contributed by atoms with Gasteiger partial charge in [0.05, 0.1) is 29.5 Å². The number of aromatic hydroxyl groups is 1. The Labute approximate surface area is 162 Å². The summed E-state index contributed by atoms with van der Waals surface area (Å²) in [6, 6.07) is 9.73. The molecular weight excluding hydrogens is 361 g/mol. The fourth-order valence-electron chi connectivity index (χ4n) is 3.86. The Morgan fingerprint density at radius 2 is 2.14 bits per heavy atom. The molecule has 0 radical (unpaired) electrons. The molecule has 0 spiro atoms. The van der Waals surface area contributed by atoms with Gasteiger partial charge in [-0.05, 0) is 68.7 Å². The maximum absolute atomic E-state index is 13.9. The Kier molecular flexibility index (Phi) is 4.81. The fraction of sp³-hybridized carbons (Fsp3) is 0.318. The van der Waals surface area contributed by atoms with E-state index in [1.54, 1.807) is 44.2 Å². The maximum atomic E-state index is 13.9. The normalized spacial score (nSPS) is 16.6. The third-order valence-electron chi connectivity index (χ3n) is 5.10. The number of esters is 1. The molecule has 0 unspecified atom stereocenters. The first-order valence-electron chi connectivity index (χ1n) is 9.43. The molecule has 0 saturated carbocycles. The lowest BCUT2D eigenvalue weighted by atomic mass is 10.1. The number of hydrogen-bond acceptors (Lipinski definition) is 4. The number of hydrogen-bond donors (Lipinski definition) is 1. The SMILES string of the molecule is CCOC(=O)c1c([C@H]2CCCO2)n(-c2ccc(F)c(C)c2)c2ccc(O)cc12. The summed E-state index contributed by atoms with van der Waals surface area (Å²) in [5.74, 6) is -0.687. The lowest BCUT2D eigenvalue weighted by molar-refractivity contribution is 0.0515. The van der Waals surface area contributed by atoms with Crippen LogP contribution in [-0.4, -0.2) is 28.9 Å². The molecule has 1 atom stereocenters. The first kappa shape index (κ1) is 18.5. The van der Waals surface area contributed by atoms with Gasteiger partial charge in [-0.25, -0.2) is 9.18 Å². The smallest absolute Gasteiger partial charge is 0.340 e. The standard InChI is InChI=1S/C22H22FNO4/c1-3-27-22(26)20-16-12-15(25)7-9-18(16)24(21(20)19-5-4-10-28-19)14-6-8-17(23)13(2)11-14/h6-9,11-12,19,25H,3-5,10H2,1-2H3/t19-/m1/s1. The lowest BCUT2D eigenvalue weighted by Gasteiger charge is -2.17. The van der Waals surface area contributed by atoms with Crippen LogP contribution in [0.5, 0.6) is 5.75 Å². The van der Waals surface area contributed by atoms with Gasteiger partial charge in [-0.2, -0.15) is 0 Å². The molecule has 1 aromatic heterocycles. The zero-order chi connectivity index (χ0) is 19.8. The first-order chi connectivity index (χ1) is 13.5. The summed E-state index contributed by atoms with van der Waals surface area (Å²) in [5.41, 5.74) is 3.05. The number of phenolic OH excluding ortho intramolecular Hbond substituents is 1. The summed E-state index contributed by atoms with van der Waals surface area (Å²) in [6.45, 7) is 4.31. The average molecular weight is 383 g/mol. The van der Waals surface area contributed by atoms with Crippen LogP contribution in [0.3, 0.4) is 0 Å². The van der Waals surface area contributed by atoms with Crippen molar-refractivity contribution in [2.45, 2.75) is 32.8 Å². The minimum Gasteiger partial charge on any atom is -0.508 e. The largest absolute Gasteiger partial charge is 0.508 e. The number of nitrogens with zero attached hydrogens (tertiary/aromatic N) is 1. The van der Waals surface area contributed by atoms with E-state index in [0.717, 1.165) is 24.0 Å². The van der Waals surface area contributed by atoms with E-state index < -0.39 is 5.97 Å². The highest BCUT2D eigenvalue weighted by Crippen LogP contribution is 2.40. The molecule has 28 heavy (non-hydrogen) atoms. The summed E-state index contributed by atoms with van der Waals surface area (Å²) in [6.07, 6.45) is 1.39. The van der Waals surface area contributed by atoms with E-state index in [-0.39, 0.29) is 24.3 Å². The van der Waals surface area contributed by atoms with E-state index in [4.69, 9.17) is 9.47 Å². The molecule has 1 aliphatic rings. The topological polar surface area (TPSA) is 60.7 Å². The Hall–Kier alpha value is -2.86. The van der Waals surface area contributed by atoms with Gasteiger partial charge in [0.2, 0.25) is 0 Å². The third-order valence-corrected chi connectivity index (χ3v) is 5.10. The maximum Gasteiger partial charge on any atom is 0.340 e. The van der Waals surface area contributed by atoms with Crippen LogP contribution in [0.15, 0.2) is 36.4 Å². The van der Waals surface area contributed by atoms with Crippen LogP contribution in [0.4, 0.5) is 4.39 Å². The molecule has 1 saturated heterocycles. The van der Waals surface area contributed by atoms with E-state index in [0.29, 0.717) is 28.8 Å². The van der Waals surface area contributed by atoms with Crippen LogP contribution in [0, 0.1) is 12.7 Å². The summed E-state index contributed by atoms with van der Waals surface area (Å²) in [7, 11) is 0. The van der Waals surface area contributed by atoms with Crippen LogP contribution in [0.25, 0.3) is 16.6 Å². The molecule has 1 fully saturated rings. The minimum absolute atomic E-state index is 0.0596. The van der Waals surface area contributed by atoms with Crippen molar-refractivity contribution < 1.29 is 23.8 Å². The summed E-state index contributed by atoms with van der Waals surface area (Å²) in [5, 5.41) is 10.6. The van der Waals surface area contributed by atoms with Gasteiger partial charge in [-0.1, -0.05) is 0 Å². The third kappa shape index (κ3) is 3.03. The number of carbonyl (C=O) groups excluding carboxylic acids is 1. The van der Waals surface area contributed by atoms with Gasteiger partial charge in [0.25, 0.3) is 0 Å². The van der Waals surface area contributed by atoms with Crippen LogP contribution < -0.4 is 0 Å². The molecule has 2 heterocycles. The monoisotopic (exact) mass is 383 g/mol. The second kappa shape index (κ2) is 7.28. The number of aryl methyl sites for hydroxylation is 1. The summed E-state index contributed by atoms with van der Waals surface area (Å²) >= 11 is 0. The molecule has 0 amide bonds. The zero-order valence-electron chi connectivity index (χ0n) is 15.9. The van der Waals surface area contributed by atoms with Crippen LogP contribution >= 0.6 is 0 Å². The van der Waals surface area contributed by atoms with E-state index in [1.165, 1.54) is 6.07 Å². The number of benzene rings is 2. The predicted molar refractivity (Wildman–Crippen MR) is 104 cm³/mol. The number of fused-ring (bicyclic) bond motifs is 1. The molecular formula is C22H22FNO4. The molecule has 0 bridgehead atoms. The lowest BCUT2D eigenvalue weighted by Crippen LogP contribution is -2.13. The fourth-order valence-corrected chi connectivity index (χ4v) is 3.86. The second-order valence-corrected chi connectivity index (χ2v) is 6.95. The second-order valence-electron chi connectivity index (χ2n) is 6.95. The van der Waals surface area contributed by atoms with E-state index >= 15 is 0 Å². The van der Waals surface area contributed by atoms with Gasteiger partial charge < -0.3 is 19.1 Å². The van der Waals surface area contributed by atoms with Gasteiger partial charge in [-0.3, -0.25) is 0 Å². The van der Waals surface area contributed by atoms with Crippen molar-refractivity contribution >= 4 is 16.9 Å². The van der Waals surface area contributed by atoms with Gasteiger partial charge in [0, 0.05) is 17.7 Å². The van der Waals surface area contributed by atoms with Crippen molar-refractivity contribution in [3.8, 4) is 11.4 Å². The first-order valence-corrected chi connectivity index (χ1v) is 9.43. The van der Waals surface area contributed by atoms with Crippen molar-refractivity contribution in [2.75, 3.05) is 13.2 Å². The molecule has 6 heteroatoms. The molecule has 0 aliphatic carbocycles.